The maximum absolute atomic E-state index is 13.0. The van der Waals surface area contributed by atoms with E-state index in [1.807, 2.05) is 84.3 Å². The Morgan fingerprint density at radius 2 is 1.79 bits per heavy atom. The first-order chi connectivity index (χ1) is 14.1. The number of carbonyl (C=O) groups excluding carboxylic acids is 1. The number of aromatic nitrogens is 2. The average Bonchev–Trinajstić information content (AvgIpc) is 3.11. The number of methoxy groups -OCH3 is 1. The molecule has 0 aliphatic carbocycles. The minimum atomic E-state index is -0.822. The molecule has 0 radical (unpaired) electrons. The third kappa shape index (κ3) is 3.69. The van der Waals surface area contributed by atoms with Crippen molar-refractivity contribution in [2.45, 2.75) is 12.3 Å². The zero-order valence-electron chi connectivity index (χ0n) is 16.1. The molecule has 1 atom stereocenters. The first-order valence-electron chi connectivity index (χ1n) is 9.20. The third-order valence-corrected chi connectivity index (χ3v) is 5.14. The summed E-state index contributed by atoms with van der Waals surface area (Å²) in [5.74, 6) is 0.908. The molecule has 0 spiro atoms. The highest BCUT2D eigenvalue weighted by molar-refractivity contribution is 6.32. The summed E-state index contributed by atoms with van der Waals surface area (Å²) in [6, 6.07) is 20.7. The smallest absolute Gasteiger partial charge is 0.248 e. The maximum atomic E-state index is 13.0. The second kappa shape index (κ2) is 7.97. The fourth-order valence-electron chi connectivity index (χ4n) is 3.25. The number of fused-ring (bicyclic) bond motifs is 1. The van der Waals surface area contributed by atoms with Gasteiger partial charge in [-0.15, -0.1) is 11.6 Å². The number of halogens is 1. The fraction of sp³-hybridized carbons (Fsp3) is 0.130. The lowest BCUT2D eigenvalue weighted by Crippen LogP contribution is -2.19. The molecule has 0 aliphatic heterocycles. The Morgan fingerprint density at radius 3 is 2.55 bits per heavy atom. The number of amides is 1. The molecular formula is C23H20ClN3O2. The number of carbonyl (C=O) groups is 1. The van der Waals surface area contributed by atoms with Crippen molar-refractivity contribution in [3.05, 3.63) is 84.1 Å². The van der Waals surface area contributed by atoms with E-state index in [1.165, 1.54) is 0 Å². The van der Waals surface area contributed by atoms with Crippen LogP contribution in [0.25, 0.3) is 16.9 Å². The topological polar surface area (TPSA) is 55.6 Å². The highest BCUT2D eigenvalue weighted by atomic mass is 35.5. The Labute approximate surface area is 173 Å². The average molecular weight is 406 g/mol. The number of aryl methyl sites for hydroxylation is 1. The maximum Gasteiger partial charge on any atom is 0.248 e. The molecule has 2 aromatic heterocycles. The van der Waals surface area contributed by atoms with Gasteiger partial charge in [-0.05, 0) is 36.2 Å². The number of ether oxygens (including phenoxy) is 1. The highest BCUT2D eigenvalue weighted by Gasteiger charge is 2.23. The molecule has 0 saturated heterocycles. The summed E-state index contributed by atoms with van der Waals surface area (Å²) in [4.78, 5) is 17.7. The van der Waals surface area contributed by atoms with Crippen LogP contribution in [0.5, 0.6) is 5.75 Å². The van der Waals surface area contributed by atoms with Gasteiger partial charge < -0.3 is 10.1 Å². The van der Waals surface area contributed by atoms with Gasteiger partial charge in [0, 0.05) is 11.8 Å². The number of imidazole rings is 1. The van der Waals surface area contributed by atoms with Crippen LogP contribution in [0.15, 0.2) is 72.9 Å². The molecule has 0 fully saturated rings. The van der Waals surface area contributed by atoms with Crippen molar-refractivity contribution >= 4 is 29.0 Å². The number of para-hydroxylation sites is 1. The molecule has 146 valence electrons. The van der Waals surface area contributed by atoms with E-state index in [4.69, 9.17) is 21.3 Å². The minimum absolute atomic E-state index is 0.322. The van der Waals surface area contributed by atoms with Crippen LogP contribution in [-0.4, -0.2) is 22.4 Å². The fourth-order valence-corrected chi connectivity index (χ4v) is 3.45. The minimum Gasteiger partial charge on any atom is -0.496 e. The number of nitrogens with zero attached hydrogens (tertiary/aromatic N) is 2. The number of benzene rings is 2. The first-order valence-corrected chi connectivity index (χ1v) is 9.64. The van der Waals surface area contributed by atoms with Crippen LogP contribution >= 0.6 is 11.6 Å². The van der Waals surface area contributed by atoms with Gasteiger partial charge in [0.15, 0.2) is 0 Å². The molecule has 4 aromatic rings. The van der Waals surface area contributed by atoms with E-state index in [1.54, 1.807) is 7.11 Å². The van der Waals surface area contributed by atoms with E-state index in [0.29, 0.717) is 17.3 Å². The normalized spacial score (nSPS) is 12.0. The number of anilines is 1. The van der Waals surface area contributed by atoms with Gasteiger partial charge in [0.05, 0.1) is 7.11 Å². The van der Waals surface area contributed by atoms with Crippen LogP contribution in [0.4, 0.5) is 5.82 Å². The van der Waals surface area contributed by atoms with Gasteiger partial charge in [0.2, 0.25) is 5.91 Å². The summed E-state index contributed by atoms with van der Waals surface area (Å²) in [5, 5.41) is 2.16. The van der Waals surface area contributed by atoms with Gasteiger partial charge in [-0.25, -0.2) is 4.98 Å². The Balaban J connectivity index is 1.82. The van der Waals surface area contributed by atoms with Crippen molar-refractivity contribution in [3.63, 3.8) is 0 Å². The Kier molecular flexibility index (Phi) is 5.23. The molecule has 2 heterocycles. The summed E-state index contributed by atoms with van der Waals surface area (Å²) in [6.45, 7) is 1.99. The Bertz CT molecular complexity index is 1170. The largest absolute Gasteiger partial charge is 0.496 e. The van der Waals surface area contributed by atoms with Crippen LogP contribution in [0.2, 0.25) is 0 Å². The molecule has 0 unspecified atom stereocenters. The molecule has 1 amide bonds. The molecule has 1 N–H and O–H groups in total. The van der Waals surface area contributed by atoms with Gasteiger partial charge in [-0.3, -0.25) is 9.20 Å². The predicted molar refractivity (Wildman–Crippen MR) is 116 cm³/mol. The summed E-state index contributed by atoms with van der Waals surface area (Å²) < 4.78 is 7.37. The molecule has 0 saturated carbocycles. The van der Waals surface area contributed by atoms with Crippen LogP contribution in [0.3, 0.4) is 0 Å². The molecule has 0 bridgehead atoms. The standard InChI is InChI=1S/C23H20ClN3O2/c1-15-12-13-19-25-21(17-10-6-7-11-18(17)29-2)22(27(19)14-15)26-23(28)20(24)16-8-4-3-5-9-16/h3-14,20H,1-2H3,(H,26,28)/t20-/m1/s1. The summed E-state index contributed by atoms with van der Waals surface area (Å²) >= 11 is 6.45. The molecule has 5 nitrogen and oxygen atoms in total. The highest BCUT2D eigenvalue weighted by Crippen LogP contribution is 2.36. The molecule has 29 heavy (non-hydrogen) atoms. The first kappa shape index (κ1) is 19.0. The van der Waals surface area contributed by atoms with Crippen LogP contribution in [-0.2, 0) is 4.79 Å². The molecular weight excluding hydrogens is 386 g/mol. The molecule has 4 rings (SSSR count). The Hall–Kier alpha value is -3.31. The number of hydrogen-bond acceptors (Lipinski definition) is 3. The van der Waals surface area contributed by atoms with E-state index >= 15 is 0 Å². The quantitative estimate of drug-likeness (QED) is 0.462. The Morgan fingerprint density at radius 1 is 1.07 bits per heavy atom. The molecule has 6 heteroatoms. The van der Waals surface area contributed by atoms with Crippen molar-refractivity contribution in [3.8, 4) is 17.0 Å². The van der Waals surface area contributed by atoms with Crippen molar-refractivity contribution < 1.29 is 9.53 Å². The lowest BCUT2D eigenvalue weighted by Gasteiger charge is -2.13. The van der Waals surface area contributed by atoms with Crippen LogP contribution in [0, 0.1) is 6.92 Å². The van der Waals surface area contributed by atoms with E-state index < -0.39 is 5.38 Å². The summed E-state index contributed by atoms with van der Waals surface area (Å²) in [7, 11) is 1.61. The van der Waals surface area contributed by atoms with Crippen LogP contribution < -0.4 is 10.1 Å². The van der Waals surface area contributed by atoms with Gasteiger partial charge in [0.1, 0.15) is 28.3 Å². The zero-order valence-corrected chi connectivity index (χ0v) is 16.9. The van der Waals surface area contributed by atoms with E-state index in [9.17, 15) is 4.79 Å². The summed E-state index contributed by atoms with van der Waals surface area (Å²) in [5.41, 5.74) is 3.91. The third-order valence-electron chi connectivity index (χ3n) is 4.69. The van der Waals surface area contributed by atoms with E-state index in [0.717, 1.165) is 22.3 Å². The second-order valence-electron chi connectivity index (χ2n) is 6.71. The lowest BCUT2D eigenvalue weighted by atomic mass is 10.1. The second-order valence-corrected chi connectivity index (χ2v) is 7.14. The number of pyridine rings is 1. The van der Waals surface area contributed by atoms with Crippen molar-refractivity contribution in [2.75, 3.05) is 12.4 Å². The summed E-state index contributed by atoms with van der Waals surface area (Å²) in [6.07, 6.45) is 1.93. The zero-order chi connectivity index (χ0) is 20.4. The van der Waals surface area contributed by atoms with Gasteiger partial charge in [-0.1, -0.05) is 48.5 Å². The van der Waals surface area contributed by atoms with E-state index in [2.05, 4.69) is 5.32 Å². The van der Waals surface area contributed by atoms with Crippen LogP contribution in [0.1, 0.15) is 16.5 Å². The number of hydrogen-bond donors (Lipinski definition) is 1. The number of alkyl halides is 1. The molecule has 2 aromatic carbocycles. The lowest BCUT2D eigenvalue weighted by molar-refractivity contribution is -0.116. The van der Waals surface area contributed by atoms with Gasteiger partial charge in [-0.2, -0.15) is 0 Å². The molecule has 0 aliphatic rings. The van der Waals surface area contributed by atoms with Crippen molar-refractivity contribution in [2.24, 2.45) is 0 Å². The number of rotatable bonds is 5. The van der Waals surface area contributed by atoms with Crippen molar-refractivity contribution in [1.82, 2.24) is 9.38 Å². The van der Waals surface area contributed by atoms with E-state index in [-0.39, 0.29) is 5.91 Å². The number of nitrogens with one attached hydrogen (secondary N) is 1. The van der Waals surface area contributed by atoms with Gasteiger partial charge in [0.25, 0.3) is 0 Å². The SMILES string of the molecule is COc1ccccc1-c1nc2ccc(C)cn2c1NC(=O)[C@H](Cl)c1ccccc1. The van der Waals surface area contributed by atoms with Gasteiger partial charge >= 0.3 is 0 Å². The predicted octanol–water partition coefficient (Wildman–Crippen LogP) is 5.24. The van der Waals surface area contributed by atoms with Crippen molar-refractivity contribution in [1.29, 1.82) is 0 Å². The monoisotopic (exact) mass is 405 g/mol.